The van der Waals surface area contributed by atoms with Gasteiger partial charge in [-0.15, -0.1) is 0 Å². The number of carbonyl (C=O) groups is 1. The standard InChI is InChI=1S/C15H20N2O2/c1-19-12-6-11(8-16-9-12)15(18)14-7-10-4-2-3-5-13(10)17-14/h6,8-10,13-14,17H,2-5,7H2,1H3. The highest BCUT2D eigenvalue weighted by atomic mass is 16.5. The van der Waals surface area contributed by atoms with E-state index in [4.69, 9.17) is 4.74 Å². The molecule has 0 amide bonds. The summed E-state index contributed by atoms with van der Waals surface area (Å²) in [6.45, 7) is 0. The number of nitrogens with one attached hydrogen (secondary N) is 1. The van der Waals surface area contributed by atoms with Crippen LogP contribution in [-0.4, -0.2) is 30.0 Å². The average Bonchev–Trinajstić information content (AvgIpc) is 2.90. The number of pyridine rings is 1. The maximum absolute atomic E-state index is 12.5. The molecular formula is C15H20N2O2. The zero-order valence-electron chi connectivity index (χ0n) is 11.3. The van der Waals surface area contributed by atoms with Gasteiger partial charge in [-0.3, -0.25) is 9.78 Å². The van der Waals surface area contributed by atoms with Crippen LogP contribution >= 0.6 is 0 Å². The van der Waals surface area contributed by atoms with Gasteiger partial charge in [0.25, 0.3) is 0 Å². The molecule has 19 heavy (non-hydrogen) atoms. The minimum atomic E-state index is -0.0398. The minimum Gasteiger partial charge on any atom is -0.495 e. The van der Waals surface area contributed by atoms with Crippen LogP contribution in [0.5, 0.6) is 5.75 Å². The van der Waals surface area contributed by atoms with E-state index in [0.717, 1.165) is 6.42 Å². The van der Waals surface area contributed by atoms with Crippen LogP contribution in [0.15, 0.2) is 18.5 Å². The fourth-order valence-electron chi connectivity index (χ4n) is 3.39. The molecular weight excluding hydrogens is 240 g/mol. The third-order valence-corrected chi connectivity index (χ3v) is 4.41. The Hall–Kier alpha value is -1.42. The Bertz CT molecular complexity index is 461. The van der Waals surface area contributed by atoms with E-state index in [1.807, 2.05) is 0 Å². The highest BCUT2D eigenvalue weighted by molar-refractivity contribution is 6.00. The van der Waals surface area contributed by atoms with Crippen LogP contribution < -0.4 is 10.1 Å². The van der Waals surface area contributed by atoms with Crippen molar-refractivity contribution in [3.8, 4) is 5.75 Å². The molecule has 3 rings (SSSR count). The Labute approximate surface area is 113 Å². The molecule has 0 radical (unpaired) electrons. The Morgan fingerprint density at radius 1 is 1.37 bits per heavy atom. The average molecular weight is 260 g/mol. The van der Waals surface area contributed by atoms with Crippen LogP contribution in [0.1, 0.15) is 42.5 Å². The van der Waals surface area contributed by atoms with Crippen molar-refractivity contribution in [2.45, 2.75) is 44.2 Å². The number of ketones is 1. The maximum Gasteiger partial charge on any atom is 0.181 e. The van der Waals surface area contributed by atoms with Crippen molar-refractivity contribution in [2.75, 3.05) is 7.11 Å². The second-order valence-corrected chi connectivity index (χ2v) is 5.58. The molecule has 1 saturated carbocycles. The number of Topliss-reactive ketones (excluding diaryl/α,β-unsaturated/α-hetero) is 1. The maximum atomic E-state index is 12.5. The number of hydrogen-bond acceptors (Lipinski definition) is 4. The van der Waals surface area contributed by atoms with E-state index in [2.05, 4.69) is 10.3 Å². The van der Waals surface area contributed by atoms with E-state index in [-0.39, 0.29) is 11.8 Å². The molecule has 4 heteroatoms. The summed E-state index contributed by atoms with van der Waals surface area (Å²) in [5.74, 6) is 1.48. The predicted octanol–water partition coefficient (Wildman–Crippen LogP) is 2.19. The largest absolute Gasteiger partial charge is 0.495 e. The summed E-state index contributed by atoms with van der Waals surface area (Å²) in [6, 6.07) is 2.28. The van der Waals surface area contributed by atoms with E-state index in [9.17, 15) is 4.79 Å². The van der Waals surface area contributed by atoms with Crippen molar-refractivity contribution in [3.63, 3.8) is 0 Å². The Morgan fingerprint density at radius 2 is 2.21 bits per heavy atom. The quantitative estimate of drug-likeness (QED) is 0.846. The molecule has 3 unspecified atom stereocenters. The zero-order valence-corrected chi connectivity index (χ0v) is 11.3. The number of carbonyl (C=O) groups excluding carboxylic acids is 1. The van der Waals surface area contributed by atoms with Gasteiger partial charge >= 0.3 is 0 Å². The second-order valence-electron chi connectivity index (χ2n) is 5.58. The molecule has 1 saturated heterocycles. The number of methoxy groups -OCH3 is 1. The van der Waals surface area contributed by atoms with Crippen molar-refractivity contribution in [2.24, 2.45) is 5.92 Å². The molecule has 1 aliphatic carbocycles. The summed E-state index contributed by atoms with van der Waals surface area (Å²) in [7, 11) is 1.59. The summed E-state index contributed by atoms with van der Waals surface area (Å²) in [5, 5.41) is 3.51. The first-order chi connectivity index (χ1) is 9.28. The van der Waals surface area contributed by atoms with E-state index in [1.165, 1.54) is 25.7 Å². The van der Waals surface area contributed by atoms with E-state index >= 15 is 0 Å². The molecule has 0 spiro atoms. The van der Waals surface area contributed by atoms with E-state index in [0.29, 0.717) is 23.3 Å². The Kier molecular flexibility index (Phi) is 3.51. The van der Waals surface area contributed by atoms with Gasteiger partial charge in [0, 0.05) is 17.8 Å². The van der Waals surface area contributed by atoms with Gasteiger partial charge < -0.3 is 10.1 Å². The number of nitrogens with zero attached hydrogens (tertiary/aromatic N) is 1. The molecule has 1 N–H and O–H groups in total. The van der Waals surface area contributed by atoms with Crippen molar-refractivity contribution < 1.29 is 9.53 Å². The molecule has 1 aliphatic heterocycles. The number of rotatable bonds is 3. The molecule has 3 atom stereocenters. The van der Waals surface area contributed by atoms with Crippen LogP contribution in [0.4, 0.5) is 0 Å². The lowest BCUT2D eigenvalue weighted by Gasteiger charge is -2.24. The molecule has 2 fully saturated rings. The van der Waals surface area contributed by atoms with Crippen LogP contribution in [0, 0.1) is 5.92 Å². The highest BCUT2D eigenvalue weighted by Crippen LogP contribution is 2.34. The molecule has 4 nitrogen and oxygen atoms in total. The van der Waals surface area contributed by atoms with Crippen molar-refractivity contribution in [1.82, 2.24) is 10.3 Å². The second kappa shape index (κ2) is 5.29. The number of ether oxygens (including phenoxy) is 1. The lowest BCUT2D eigenvalue weighted by molar-refractivity contribution is 0.0948. The summed E-state index contributed by atoms with van der Waals surface area (Å²) in [5.41, 5.74) is 0.649. The Morgan fingerprint density at radius 3 is 3.00 bits per heavy atom. The predicted molar refractivity (Wildman–Crippen MR) is 72.4 cm³/mol. The molecule has 2 heterocycles. The third-order valence-electron chi connectivity index (χ3n) is 4.41. The summed E-state index contributed by atoms with van der Waals surface area (Å²) < 4.78 is 5.13. The van der Waals surface area contributed by atoms with Crippen molar-refractivity contribution in [1.29, 1.82) is 0 Å². The van der Waals surface area contributed by atoms with Gasteiger partial charge in [0.2, 0.25) is 0 Å². The third kappa shape index (κ3) is 2.50. The number of hydrogen-bond donors (Lipinski definition) is 1. The van der Waals surface area contributed by atoms with Gasteiger partial charge in [0.05, 0.1) is 19.3 Å². The molecule has 1 aromatic rings. The fraction of sp³-hybridized carbons (Fsp3) is 0.600. The van der Waals surface area contributed by atoms with Crippen molar-refractivity contribution >= 4 is 5.78 Å². The highest BCUT2D eigenvalue weighted by Gasteiger charge is 2.38. The summed E-state index contributed by atoms with van der Waals surface area (Å²) >= 11 is 0. The van der Waals surface area contributed by atoms with Crippen LogP contribution in [0.3, 0.4) is 0 Å². The normalized spacial score (nSPS) is 29.8. The monoisotopic (exact) mass is 260 g/mol. The number of fused-ring (bicyclic) bond motifs is 1. The zero-order chi connectivity index (χ0) is 13.2. The van der Waals surface area contributed by atoms with Crippen LogP contribution in [0.2, 0.25) is 0 Å². The summed E-state index contributed by atoms with van der Waals surface area (Å²) in [4.78, 5) is 16.6. The van der Waals surface area contributed by atoms with E-state index in [1.54, 1.807) is 25.6 Å². The smallest absolute Gasteiger partial charge is 0.181 e. The molecule has 0 aromatic carbocycles. The van der Waals surface area contributed by atoms with E-state index < -0.39 is 0 Å². The SMILES string of the molecule is COc1cncc(C(=O)C2CC3CCCCC3N2)c1. The van der Waals surface area contributed by atoms with Gasteiger partial charge in [-0.05, 0) is 31.2 Å². The fourth-order valence-corrected chi connectivity index (χ4v) is 3.39. The molecule has 2 aliphatic rings. The molecule has 1 aromatic heterocycles. The first kappa shape index (κ1) is 12.6. The molecule has 102 valence electrons. The van der Waals surface area contributed by atoms with Gasteiger partial charge in [-0.1, -0.05) is 12.8 Å². The number of aromatic nitrogens is 1. The lowest BCUT2D eigenvalue weighted by Crippen LogP contribution is -2.37. The first-order valence-electron chi connectivity index (χ1n) is 7.07. The first-order valence-corrected chi connectivity index (χ1v) is 7.07. The van der Waals surface area contributed by atoms with Crippen LogP contribution in [0.25, 0.3) is 0 Å². The van der Waals surface area contributed by atoms with Gasteiger partial charge in [0.15, 0.2) is 5.78 Å². The minimum absolute atomic E-state index is 0.0398. The Balaban J connectivity index is 1.73. The molecule has 0 bridgehead atoms. The summed E-state index contributed by atoms with van der Waals surface area (Å²) in [6.07, 6.45) is 9.30. The van der Waals surface area contributed by atoms with Gasteiger partial charge in [-0.2, -0.15) is 0 Å². The van der Waals surface area contributed by atoms with Gasteiger partial charge in [0.1, 0.15) is 5.75 Å². The van der Waals surface area contributed by atoms with Crippen LogP contribution in [-0.2, 0) is 0 Å². The van der Waals surface area contributed by atoms with Gasteiger partial charge in [-0.25, -0.2) is 0 Å². The lowest BCUT2D eigenvalue weighted by atomic mass is 9.84. The van der Waals surface area contributed by atoms with Crippen molar-refractivity contribution in [3.05, 3.63) is 24.0 Å². The topological polar surface area (TPSA) is 51.2 Å².